The highest BCUT2D eigenvalue weighted by molar-refractivity contribution is 6.30. The normalized spacial score (nSPS) is 16.2. The van der Waals surface area contributed by atoms with Gasteiger partial charge in [-0.05, 0) is 36.8 Å². The average molecular weight is 359 g/mol. The van der Waals surface area contributed by atoms with Crippen LogP contribution >= 0.6 is 11.6 Å². The molecule has 1 heterocycles. The van der Waals surface area contributed by atoms with E-state index in [1.807, 2.05) is 30.3 Å². The van der Waals surface area contributed by atoms with E-state index in [4.69, 9.17) is 16.3 Å². The maximum atomic E-state index is 12.6. The molecule has 5 nitrogen and oxygen atoms in total. The molecule has 0 N–H and O–H groups in total. The highest BCUT2D eigenvalue weighted by atomic mass is 35.5. The second-order valence-electron chi connectivity index (χ2n) is 6.03. The molecule has 0 spiro atoms. The lowest BCUT2D eigenvalue weighted by atomic mass is 10.2. The van der Waals surface area contributed by atoms with E-state index < -0.39 is 6.10 Å². The smallest absolute Gasteiger partial charge is 0.268 e. The molecule has 3 rings (SSSR count). The number of fused-ring (bicyclic) bond motifs is 1. The van der Waals surface area contributed by atoms with Crippen molar-refractivity contribution in [2.45, 2.75) is 19.6 Å². The van der Waals surface area contributed by atoms with E-state index in [2.05, 4.69) is 0 Å². The van der Waals surface area contributed by atoms with Crippen LogP contribution < -0.4 is 9.64 Å². The minimum absolute atomic E-state index is 0.0272. The molecule has 1 atom stereocenters. The maximum absolute atomic E-state index is 12.6. The lowest BCUT2D eigenvalue weighted by Crippen LogP contribution is -2.48. The standard InChI is InChI=1S/C19H19ClN2O3/c1-13-19(24)22(16-8-3-4-9-17(16)25-13)12-18(23)21(2)11-14-6-5-7-15(20)10-14/h3-10,13H,11-12H2,1-2H3. The third kappa shape index (κ3) is 3.77. The minimum atomic E-state index is -0.610. The Morgan fingerprint density at radius 3 is 2.76 bits per heavy atom. The van der Waals surface area contributed by atoms with Gasteiger partial charge in [-0.25, -0.2) is 0 Å². The van der Waals surface area contributed by atoms with Crippen LogP contribution in [0.15, 0.2) is 48.5 Å². The Bertz CT molecular complexity index is 809. The van der Waals surface area contributed by atoms with Crippen molar-refractivity contribution in [3.63, 3.8) is 0 Å². The van der Waals surface area contributed by atoms with Crippen LogP contribution in [0, 0.1) is 0 Å². The number of nitrogens with zero attached hydrogens (tertiary/aromatic N) is 2. The van der Waals surface area contributed by atoms with Crippen LogP contribution in [0.5, 0.6) is 5.75 Å². The molecule has 1 aliphatic heterocycles. The van der Waals surface area contributed by atoms with Crippen LogP contribution in [-0.4, -0.2) is 36.4 Å². The molecule has 0 bridgehead atoms. The van der Waals surface area contributed by atoms with Gasteiger partial charge in [0.2, 0.25) is 5.91 Å². The number of hydrogen-bond acceptors (Lipinski definition) is 3. The maximum Gasteiger partial charge on any atom is 0.268 e. The molecule has 1 aliphatic rings. The Hall–Kier alpha value is -2.53. The Morgan fingerprint density at radius 1 is 1.24 bits per heavy atom. The molecule has 1 unspecified atom stereocenters. The molecule has 0 radical (unpaired) electrons. The van der Waals surface area contributed by atoms with Crippen molar-refractivity contribution in [1.82, 2.24) is 4.90 Å². The first-order chi connectivity index (χ1) is 12.0. The van der Waals surface area contributed by atoms with E-state index in [0.717, 1.165) is 5.56 Å². The summed E-state index contributed by atoms with van der Waals surface area (Å²) in [6, 6.07) is 14.6. The number of likely N-dealkylation sites (N-methyl/N-ethyl adjacent to an activating group) is 1. The van der Waals surface area contributed by atoms with E-state index in [0.29, 0.717) is 23.0 Å². The van der Waals surface area contributed by atoms with Crippen LogP contribution in [-0.2, 0) is 16.1 Å². The molecule has 0 aliphatic carbocycles. The first-order valence-electron chi connectivity index (χ1n) is 8.01. The molecule has 0 saturated heterocycles. The third-order valence-electron chi connectivity index (χ3n) is 4.10. The first kappa shape index (κ1) is 17.3. The van der Waals surface area contributed by atoms with E-state index in [1.165, 1.54) is 4.90 Å². The van der Waals surface area contributed by atoms with Crippen LogP contribution in [0.3, 0.4) is 0 Å². The number of carbonyl (C=O) groups excluding carboxylic acids is 2. The van der Waals surface area contributed by atoms with Gasteiger partial charge < -0.3 is 9.64 Å². The molecule has 6 heteroatoms. The largest absolute Gasteiger partial charge is 0.479 e. The molecule has 0 aromatic heterocycles. The predicted molar refractivity (Wildman–Crippen MR) is 96.8 cm³/mol. The number of benzene rings is 2. The molecule has 130 valence electrons. The van der Waals surface area contributed by atoms with Gasteiger partial charge in [0.05, 0.1) is 5.69 Å². The molecular formula is C19H19ClN2O3. The lowest BCUT2D eigenvalue weighted by Gasteiger charge is -2.33. The van der Waals surface area contributed by atoms with Crippen molar-refractivity contribution in [1.29, 1.82) is 0 Å². The fourth-order valence-electron chi connectivity index (χ4n) is 2.78. The van der Waals surface area contributed by atoms with Crippen LogP contribution in [0.25, 0.3) is 0 Å². The molecule has 2 aromatic rings. The molecule has 0 fully saturated rings. The summed E-state index contributed by atoms with van der Waals surface area (Å²) in [6.45, 7) is 2.08. The van der Waals surface area contributed by atoms with Gasteiger partial charge in [-0.15, -0.1) is 0 Å². The van der Waals surface area contributed by atoms with Crippen molar-refractivity contribution in [3.8, 4) is 5.75 Å². The summed E-state index contributed by atoms with van der Waals surface area (Å²) in [4.78, 5) is 28.2. The zero-order valence-corrected chi connectivity index (χ0v) is 14.9. The van der Waals surface area contributed by atoms with Crippen LogP contribution in [0.2, 0.25) is 5.02 Å². The van der Waals surface area contributed by atoms with E-state index in [-0.39, 0.29) is 18.4 Å². The van der Waals surface area contributed by atoms with Gasteiger partial charge in [-0.3, -0.25) is 14.5 Å². The number of para-hydroxylation sites is 2. The summed E-state index contributed by atoms with van der Waals surface area (Å²) in [5.41, 5.74) is 1.56. The highest BCUT2D eigenvalue weighted by Gasteiger charge is 2.33. The van der Waals surface area contributed by atoms with Crippen LogP contribution in [0.1, 0.15) is 12.5 Å². The summed E-state index contributed by atoms with van der Waals surface area (Å²) in [5.74, 6) is 0.236. The summed E-state index contributed by atoms with van der Waals surface area (Å²) in [7, 11) is 1.71. The monoisotopic (exact) mass is 358 g/mol. The zero-order chi connectivity index (χ0) is 18.0. The van der Waals surface area contributed by atoms with Gasteiger partial charge in [-0.2, -0.15) is 0 Å². The Kier molecular flexibility index (Phi) is 4.95. The molecule has 2 amide bonds. The predicted octanol–water partition coefficient (Wildman–Crippen LogP) is 3.11. The van der Waals surface area contributed by atoms with Crippen LogP contribution in [0.4, 0.5) is 5.69 Å². The molecular weight excluding hydrogens is 340 g/mol. The number of carbonyl (C=O) groups is 2. The number of halogens is 1. The number of ether oxygens (including phenoxy) is 1. The van der Waals surface area contributed by atoms with Crippen molar-refractivity contribution < 1.29 is 14.3 Å². The van der Waals surface area contributed by atoms with E-state index in [9.17, 15) is 9.59 Å². The average Bonchev–Trinajstić information content (AvgIpc) is 2.58. The van der Waals surface area contributed by atoms with Gasteiger partial charge in [0.1, 0.15) is 12.3 Å². The fraction of sp³-hybridized carbons (Fsp3) is 0.263. The summed E-state index contributed by atoms with van der Waals surface area (Å²) < 4.78 is 5.59. The second kappa shape index (κ2) is 7.15. The van der Waals surface area contributed by atoms with Gasteiger partial charge in [0, 0.05) is 18.6 Å². The molecule has 25 heavy (non-hydrogen) atoms. The topological polar surface area (TPSA) is 49.9 Å². The summed E-state index contributed by atoms with van der Waals surface area (Å²) in [6.07, 6.45) is -0.610. The van der Waals surface area contributed by atoms with Gasteiger partial charge in [-0.1, -0.05) is 35.9 Å². The fourth-order valence-corrected chi connectivity index (χ4v) is 2.99. The SMILES string of the molecule is CC1Oc2ccccc2N(CC(=O)N(C)Cc2cccc(Cl)c2)C1=O. The molecule has 0 saturated carbocycles. The van der Waals surface area contributed by atoms with Gasteiger partial charge >= 0.3 is 0 Å². The molecule has 2 aromatic carbocycles. The highest BCUT2D eigenvalue weighted by Crippen LogP contribution is 2.33. The Morgan fingerprint density at radius 2 is 2.00 bits per heavy atom. The quantitative estimate of drug-likeness (QED) is 0.843. The Balaban J connectivity index is 1.74. The van der Waals surface area contributed by atoms with Crippen molar-refractivity contribution in [2.24, 2.45) is 0 Å². The zero-order valence-electron chi connectivity index (χ0n) is 14.1. The van der Waals surface area contributed by atoms with Gasteiger partial charge in [0.15, 0.2) is 6.10 Å². The number of amides is 2. The van der Waals surface area contributed by atoms with E-state index in [1.54, 1.807) is 37.1 Å². The van der Waals surface area contributed by atoms with Crippen molar-refractivity contribution >= 4 is 29.1 Å². The lowest BCUT2D eigenvalue weighted by molar-refractivity contribution is -0.132. The Labute approximate surface area is 151 Å². The van der Waals surface area contributed by atoms with E-state index >= 15 is 0 Å². The number of anilines is 1. The first-order valence-corrected chi connectivity index (χ1v) is 8.39. The van der Waals surface area contributed by atoms with Crippen molar-refractivity contribution in [2.75, 3.05) is 18.5 Å². The third-order valence-corrected chi connectivity index (χ3v) is 4.34. The number of hydrogen-bond donors (Lipinski definition) is 0. The van der Waals surface area contributed by atoms with Crippen molar-refractivity contribution in [3.05, 3.63) is 59.1 Å². The number of rotatable bonds is 4. The summed E-state index contributed by atoms with van der Waals surface area (Å²) >= 11 is 5.98. The summed E-state index contributed by atoms with van der Waals surface area (Å²) in [5, 5.41) is 0.629. The van der Waals surface area contributed by atoms with Gasteiger partial charge in [0.25, 0.3) is 5.91 Å². The minimum Gasteiger partial charge on any atom is -0.479 e. The second-order valence-corrected chi connectivity index (χ2v) is 6.47.